The van der Waals surface area contributed by atoms with E-state index in [1.165, 1.54) is 6.07 Å². The van der Waals surface area contributed by atoms with Crippen LogP contribution in [0.1, 0.15) is 26.3 Å². The summed E-state index contributed by atoms with van der Waals surface area (Å²) in [6, 6.07) is 10.0. The maximum Gasteiger partial charge on any atom is 0.146 e. The number of rotatable bonds is 5. The van der Waals surface area contributed by atoms with E-state index in [9.17, 15) is 4.39 Å². The van der Waals surface area contributed by atoms with Crippen molar-refractivity contribution in [1.29, 1.82) is 0 Å². The molecule has 0 aliphatic rings. The second kappa shape index (κ2) is 7.52. The second-order valence-electron chi connectivity index (χ2n) is 6.59. The maximum atomic E-state index is 14.0. The van der Waals surface area contributed by atoms with Crippen LogP contribution in [0.15, 0.2) is 36.4 Å². The van der Waals surface area contributed by atoms with E-state index >= 15 is 0 Å². The first-order valence-electron chi connectivity index (χ1n) is 7.33. The van der Waals surface area contributed by atoms with Crippen LogP contribution in [0, 0.1) is 11.2 Å². The van der Waals surface area contributed by atoms with E-state index in [1.54, 1.807) is 30.3 Å². The fraction of sp³-hybridized carbons (Fsp3) is 0.333. The van der Waals surface area contributed by atoms with Crippen molar-refractivity contribution in [1.82, 2.24) is 0 Å². The van der Waals surface area contributed by atoms with Crippen LogP contribution < -0.4 is 5.32 Å². The lowest BCUT2D eigenvalue weighted by Crippen LogP contribution is -2.14. The minimum Gasteiger partial charge on any atom is -0.376 e. The van der Waals surface area contributed by atoms with Gasteiger partial charge in [0, 0.05) is 0 Å². The van der Waals surface area contributed by atoms with Crippen molar-refractivity contribution >= 4 is 34.6 Å². The molecular formula is C18H20Cl2FNO. The number of ether oxygens (including phenoxy) is 1. The molecule has 0 bridgehead atoms. The van der Waals surface area contributed by atoms with Gasteiger partial charge in [0.2, 0.25) is 0 Å². The zero-order chi connectivity index (χ0) is 17.0. The zero-order valence-electron chi connectivity index (χ0n) is 13.4. The standard InChI is InChI=1S/C18H20Cl2FNO/c1-18(2,3)11-23-10-12-7-8-14(21)16(9-12)22-15-6-4-5-13(19)17(15)20/h4-9,22H,10-11H2,1-3H3. The summed E-state index contributed by atoms with van der Waals surface area (Å²) in [6.45, 7) is 7.37. The lowest BCUT2D eigenvalue weighted by Gasteiger charge is -2.18. The van der Waals surface area contributed by atoms with Crippen molar-refractivity contribution in [3.05, 3.63) is 57.8 Å². The average molecular weight is 356 g/mol. The molecule has 0 spiro atoms. The quantitative estimate of drug-likeness (QED) is 0.666. The van der Waals surface area contributed by atoms with Gasteiger partial charge in [0.05, 0.1) is 34.6 Å². The Morgan fingerprint density at radius 3 is 2.52 bits per heavy atom. The number of anilines is 2. The summed E-state index contributed by atoms with van der Waals surface area (Å²) < 4.78 is 19.7. The minimum absolute atomic E-state index is 0.0927. The van der Waals surface area contributed by atoms with E-state index in [4.69, 9.17) is 27.9 Å². The summed E-state index contributed by atoms with van der Waals surface area (Å²) in [7, 11) is 0. The molecule has 0 aromatic heterocycles. The van der Waals surface area contributed by atoms with E-state index in [0.29, 0.717) is 34.6 Å². The van der Waals surface area contributed by atoms with Crippen LogP contribution in [-0.4, -0.2) is 6.61 Å². The lowest BCUT2D eigenvalue weighted by molar-refractivity contribution is 0.0599. The van der Waals surface area contributed by atoms with Gasteiger partial charge < -0.3 is 10.1 Å². The molecule has 2 aromatic rings. The summed E-state index contributed by atoms with van der Waals surface area (Å²) in [6.07, 6.45) is 0. The average Bonchev–Trinajstić information content (AvgIpc) is 2.46. The molecule has 0 atom stereocenters. The van der Waals surface area contributed by atoms with Crippen LogP contribution >= 0.6 is 23.2 Å². The van der Waals surface area contributed by atoms with Gasteiger partial charge in [0.15, 0.2) is 0 Å². The summed E-state index contributed by atoms with van der Waals surface area (Å²) in [5, 5.41) is 3.76. The Morgan fingerprint density at radius 1 is 1.09 bits per heavy atom. The minimum atomic E-state index is -0.361. The van der Waals surface area contributed by atoms with E-state index < -0.39 is 0 Å². The van der Waals surface area contributed by atoms with Crippen LogP contribution in [0.3, 0.4) is 0 Å². The largest absolute Gasteiger partial charge is 0.376 e. The lowest BCUT2D eigenvalue weighted by atomic mass is 9.99. The molecule has 124 valence electrons. The number of hydrogen-bond donors (Lipinski definition) is 1. The van der Waals surface area contributed by atoms with Gasteiger partial charge >= 0.3 is 0 Å². The highest BCUT2D eigenvalue weighted by molar-refractivity contribution is 6.43. The van der Waals surface area contributed by atoms with Gasteiger partial charge in [-0.3, -0.25) is 0 Å². The third-order valence-corrected chi connectivity index (χ3v) is 3.87. The Hall–Kier alpha value is -1.29. The molecule has 1 N–H and O–H groups in total. The van der Waals surface area contributed by atoms with Crippen LogP contribution in [0.25, 0.3) is 0 Å². The number of nitrogens with one attached hydrogen (secondary N) is 1. The molecule has 0 aliphatic carbocycles. The molecule has 0 amide bonds. The van der Waals surface area contributed by atoms with Gasteiger partial charge in [-0.2, -0.15) is 0 Å². The van der Waals surface area contributed by atoms with E-state index in [-0.39, 0.29) is 11.2 Å². The number of hydrogen-bond acceptors (Lipinski definition) is 2. The first kappa shape index (κ1) is 18.1. The fourth-order valence-electron chi connectivity index (χ4n) is 1.98. The molecule has 0 aliphatic heterocycles. The predicted molar refractivity (Wildman–Crippen MR) is 95.3 cm³/mol. The first-order chi connectivity index (χ1) is 10.8. The third-order valence-electron chi connectivity index (χ3n) is 3.06. The van der Waals surface area contributed by atoms with Crippen LogP contribution in [-0.2, 0) is 11.3 Å². The highest BCUT2D eigenvalue weighted by Crippen LogP contribution is 2.32. The second-order valence-corrected chi connectivity index (χ2v) is 7.38. The fourth-order valence-corrected chi connectivity index (χ4v) is 2.33. The van der Waals surface area contributed by atoms with E-state index in [1.807, 2.05) is 0 Å². The normalized spacial score (nSPS) is 11.6. The number of benzene rings is 2. The summed E-state index contributed by atoms with van der Waals surface area (Å²) in [4.78, 5) is 0. The molecule has 5 heteroatoms. The van der Waals surface area contributed by atoms with Gasteiger partial charge in [-0.1, -0.05) is 56.1 Å². The monoisotopic (exact) mass is 355 g/mol. The van der Waals surface area contributed by atoms with Crippen LogP contribution in [0.4, 0.5) is 15.8 Å². The molecule has 0 heterocycles. The molecule has 2 aromatic carbocycles. The Morgan fingerprint density at radius 2 is 1.83 bits per heavy atom. The van der Waals surface area contributed by atoms with Gasteiger partial charge in [-0.15, -0.1) is 0 Å². The number of halogens is 3. The maximum absolute atomic E-state index is 14.0. The zero-order valence-corrected chi connectivity index (χ0v) is 14.9. The molecule has 0 radical (unpaired) electrons. The Kier molecular flexibility index (Phi) is 5.90. The Bertz CT molecular complexity index is 683. The highest BCUT2D eigenvalue weighted by atomic mass is 35.5. The van der Waals surface area contributed by atoms with Crippen molar-refractivity contribution in [3.63, 3.8) is 0 Å². The van der Waals surface area contributed by atoms with Gasteiger partial charge in [-0.25, -0.2) is 4.39 Å². The summed E-state index contributed by atoms with van der Waals surface area (Å²) >= 11 is 12.1. The Labute approximate surface area is 146 Å². The summed E-state index contributed by atoms with van der Waals surface area (Å²) in [5.74, 6) is -0.361. The molecule has 0 saturated heterocycles. The third kappa shape index (κ3) is 5.38. The van der Waals surface area contributed by atoms with Gasteiger partial charge in [0.1, 0.15) is 5.82 Å². The van der Waals surface area contributed by atoms with Gasteiger partial charge in [-0.05, 0) is 35.2 Å². The molecule has 2 rings (SSSR count). The van der Waals surface area contributed by atoms with Crippen molar-refractivity contribution in [2.45, 2.75) is 27.4 Å². The topological polar surface area (TPSA) is 21.3 Å². The summed E-state index contributed by atoms with van der Waals surface area (Å²) in [5.41, 5.74) is 1.88. The molecule has 0 unspecified atom stereocenters. The smallest absolute Gasteiger partial charge is 0.146 e. The molecule has 0 fully saturated rings. The first-order valence-corrected chi connectivity index (χ1v) is 8.09. The van der Waals surface area contributed by atoms with Gasteiger partial charge in [0.25, 0.3) is 0 Å². The molecular weight excluding hydrogens is 336 g/mol. The van der Waals surface area contributed by atoms with Crippen molar-refractivity contribution < 1.29 is 9.13 Å². The van der Waals surface area contributed by atoms with Crippen molar-refractivity contribution in [2.75, 3.05) is 11.9 Å². The SMILES string of the molecule is CC(C)(C)COCc1ccc(F)c(Nc2cccc(Cl)c2Cl)c1. The highest BCUT2D eigenvalue weighted by Gasteiger charge is 2.11. The van der Waals surface area contributed by atoms with Crippen molar-refractivity contribution in [3.8, 4) is 0 Å². The van der Waals surface area contributed by atoms with Crippen LogP contribution in [0.5, 0.6) is 0 Å². The van der Waals surface area contributed by atoms with Crippen molar-refractivity contribution in [2.24, 2.45) is 5.41 Å². The molecule has 23 heavy (non-hydrogen) atoms. The van der Waals surface area contributed by atoms with E-state index in [0.717, 1.165) is 5.56 Å². The predicted octanol–water partition coefficient (Wildman–Crippen LogP) is 6.44. The van der Waals surface area contributed by atoms with Crippen LogP contribution in [0.2, 0.25) is 10.0 Å². The molecule has 0 saturated carbocycles. The van der Waals surface area contributed by atoms with E-state index in [2.05, 4.69) is 26.1 Å². The molecule has 2 nitrogen and oxygen atoms in total. The Balaban J connectivity index is 2.13.